The van der Waals surface area contributed by atoms with Crippen molar-refractivity contribution in [3.8, 4) is 0 Å². The maximum atomic E-state index is 15.0. The van der Waals surface area contributed by atoms with Crippen LogP contribution in [-0.4, -0.2) is 36.4 Å². The first kappa shape index (κ1) is 27.1. The van der Waals surface area contributed by atoms with E-state index in [0.29, 0.717) is 24.5 Å². The lowest BCUT2D eigenvalue weighted by Crippen LogP contribution is -2.38. The molecule has 7 heteroatoms. The fourth-order valence-corrected chi connectivity index (χ4v) is 4.90. The summed E-state index contributed by atoms with van der Waals surface area (Å²) < 4.78 is 15.0. The Morgan fingerprint density at radius 1 is 1.27 bits per heavy atom. The van der Waals surface area contributed by atoms with Crippen LogP contribution in [0.15, 0.2) is 12.1 Å². The summed E-state index contributed by atoms with van der Waals surface area (Å²) in [7, 11) is 0. The van der Waals surface area contributed by atoms with Gasteiger partial charge in [-0.3, -0.25) is 14.9 Å². The van der Waals surface area contributed by atoms with Gasteiger partial charge in [-0.2, -0.15) is 0 Å². The molecule has 2 atom stereocenters. The molecule has 0 aliphatic carbocycles. The summed E-state index contributed by atoms with van der Waals surface area (Å²) in [6.07, 6.45) is 6.22. The van der Waals surface area contributed by atoms with Crippen molar-refractivity contribution in [1.82, 2.24) is 0 Å². The van der Waals surface area contributed by atoms with E-state index in [1.165, 1.54) is 0 Å². The van der Waals surface area contributed by atoms with Crippen molar-refractivity contribution < 1.29 is 14.1 Å². The van der Waals surface area contributed by atoms with Crippen molar-refractivity contribution in [3.05, 3.63) is 28.1 Å². The van der Waals surface area contributed by atoms with E-state index in [4.69, 9.17) is 0 Å². The molecular weight excluding hydrogens is 421 g/mol. The number of anilines is 2. The van der Waals surface area contributed by atoms with Gasteiger partial charge in [0.25, 0.3) is 5.69 Å². The van der Waals surface area contributed by atoms with Gasteiger partial charge in [-0.25, -0.2) is 4.39 Å². The Kier molecular flexibility index (Phi) is 9.68. The van der Waals surface area contributed by atoms with E-state index in [1.54, 1.807) is 6.07 Å². The highest BCUT2D eigenvalue weighted by Gasteiger charge is 2.30. The maximum Gasteiger partial charge on any atom is 0.295 e. The van der Waals surface area contributed by atoms with Crippen LogP contribution in [0, 0.1) is 27.3 Å². The molecule has 2 rings (SSSR count). The van der Waals surface area contributed by atoms with Gasteiger partial charge in [0, 0.05) is 37.0 Å². The van der Waals surface area contributed by atoms with Crippen molar-refractivity contribution >= 4 is 22.8 Å². The van der Waals surface area contributed by atoms with Crippen molar-refractivity contribution in [1.29, 1.82) is 0 Å². The van der Waals surface area contributed by atoms with Crippen molar-refractivity contribution in [2.45, 2.75) is 92.5 Å². The largest absolute Gasteiger partial charge is 0.366 e. The number of piperidine rings is 1. The molecule has 1 aromatic rings. The number of rotatable bonds is 11. The predicted molar refractivity (Wildman–Crippen MR) is 134 cm³/mol. The summed E-state index contributed by atoms with van der Waals surface area (Å²) in [4.78, 5) is 28.1. The summed E-state index contributed by atoms with van der Waals surface area (Å²) in [5.74, 6) is -0.278. The zero-order valence-corrected chi connectivity index (χ0v) is 21.3. The highest BCUT2D eigenvalue weighted by Crippen LogP contribution is 2.37. The van der Waals surface area contributed by atoms with E-state index in [1.807, 2.05) is 44.4 Å². The first-order chi connectivity index (χ1) is 15.5. The zero-order chi connectivity index (χ0) is 24.8. The molecule has 1 aliphatic heterocycles. The van der Waals surface area contributed by atoms with Gasteiger partial charge in [0.05, 0.1) is 16.7 Å². The highest BCUT2D eigenvalue weighted by atomic mass is 19.1. The summed E-state index contributed by atoms with van der Waals surface area (Å²) in [5, 5.41) is 11.8. The number of carbonyl (C=O) groups excluding carboxylic acids is 1. The summed E-state index contributed by atoms with van der Waals surface area (Å²) in [6.45, 7) is 14.0. The lowest BCUT2D eigenvalue weighted by molar-refractivity contribution is -0.384. The first-order valence-electron chi connectivity index (χ1n) is 12.5. The van der Waals surface area contributed by atoms with E-state index in [-0.39, 0.29) is 28.8 Å². The Bertz CT molecular complexity index is 822. The Balaban J connectivity index is 2.31. The lowest BCUT2D eigenvalue weighted by atomic mass is 9.80. The number of nitrogens with zero attached hydrogens (tertiary/aromatic N) is 3. The van der Waals surface area contributed by atoms with Crippen molar-refractivity contribution in [3.63, 3.8) is 0 Å². The van der Waals surface area contributed by atoms with Crippen LogP contribution in [0.4, 0.5) is 21.5 Å². The molecule has 0 radical (unpaired) electrons. The second kappa shape index (κ2) is 11.8. The van der Waals surface area contributed by atoms with Crippen LogP contribution in [0.2, 0.25) is 0 Å². The topological polar surface area (TPSA) is 66.7 Å². The molecule has 1 fully saturated rings. The average Bonchev–Trinajstić information content (AvgIpc) is 2.75. The molecule has 33 heavy (non-hydrogen) atoms. The standard InChI is InChI=1S/C26H42FN3O3/c1-7-14-28(15-11-13-20(8-2)25(31)26(4,5)6)23-18-22(21(27)17-24(23)30(32)33)29-16-10-9-12-19(29)3/h17-20H,7-16H2,1-6H3. The van der Waals surface area contributed by atoms with Crippen LogP contribution < -0.4 is 9.80 Å². The lowest BCUT2D eigenvalue weighted by Gasteiger charge is -2.36. The number of hydrogen-bond donors (Lipinski definition) is 0. The van der Waals surface area contributed by atoms with Gasteiger partial charge in [0.1, 0.15) is 11.5 Å². The molecule has 1 heterocycles. The van der Waals surface area contributed by atoms with Crippen LogP contribution in [-0.2, 0) is 4.79 Å². The van der Waals surface area contributed by atoms with Crippen LogP contribution in [0.25, 0.3) is 0 Å². The monoisotopic (exact) mass is 463 g/mol. The Morgan fingerprint density at radius 3 is 2.52 bits per heavy atom. The van der Waals surface area contributed by atoms with E-state index < -0.39 is 10.7 Å². The molecule has 1 aliphatic rings. The molecule has 0 amide bonds. The summed E-state index contributed by atoms with van der Waals surface area (Å²) in [5.41, 5.74) is 0.371. The third-order valence-corrected chi connectivity index (χ3v) is 6.77. The third kappa shape index (κ3) is 6.90. The second-order valence-corrected chi connectivity index (χ2v) is 10.4. The van der Waals surface area contributed by atoms with Crippen LogP contribution in [0.5, 0.6) is 0 Å². The van der Waals surface area contributed by atoms with Gasteiger partial charge in [0.15, 0.2) is 5.82 Å². The molecular formula is C26H42FN3O3. The van der Waals surface area contributed by atoms with Gasteiger partial charge in [-0.1, -0.05) is 34.6 Å². The molecule has 1 aromatic carbocycles. The Morgan fingerprint density at radius 2 is 1.97 bits per heavy atom. The fraction of sp³-hybridized carbons (Fsp3) is 0.731. The number of hydrogen-bond acceptors (Lipinski definition) is 5. The smallest absolute Gasteiger partial charge is 0.295 e. The van der Waals surface area contributed by atoms with Gasteiger partial charge in [-0.15, -0.1) is 0 Å². The molecule has 6 nitrogen and oxygen atoms in total. The maximum absolute atomic E-state index is 15.0. The molecule has 0 bridgehead atoms. The molecule has 0 N–H and O–H groups in total. The van der Waals surface area contributed by atoms with Crippen molar-refractivity contribution in [2.24, 2.45) is 11.3 Å². The first-order valence-corrected chi connectivity index (χ1v) is 12.5. The zero-order valence-electron chi connectivity index (χ0n) is 21.3. The summed E-state index contributed by atoms with van der Waals surface area (Å²) >= 11 is 0. The SMILES string of the molecule is CCCN(CCCC(CC)C(=O)C(C)(C)C)c1cc(N2CCCCC2C)c(F)cc1[N+](=O)[O-]. The van der Waals surface area contributed by atoms with E-state index in [0.717, 1.165) is 57.6 Å². The van der Waals surface area contributed by atoms with Gasteiger partial charge in [0.2, 0.25) is 0 Å². The van der Waals surface area contributed by atoms with Crippen LogP contribution >= 0.6 is 0 Å². The molecule has 0 aromatic heterocycles. The number of benzene rings is 1. The molecule has 0 spiro atoms. The second-order valence-electron chi connectivity index (χ2n) is 10.4. The predicted octanol–water partition coefficient (Wildman–Crippen LogP) is 6.75. The fourth-order valence-electron chi connectivity index (χ4n) is 4.90. The van der Waals surface area contributed by atoms with Gasteiger partial charge >= 0.3 is 0 Å². The number of carbonyl (C=O) groups is 1. The average molecular weight is 464 g/mol. The normalized spacial score (nSPS) is 17.7. The van der Waals surface area contributed by atoms with E-state index >= 15 is 0 Å². The Labute approximate surface area is 198 Å². The third-order valence-electron chi connectivity index (χ3n) is 6.77. The minimum Gasteiger partial charge on any atom is -0.366 e. The van der Waals surface area contributed by atoms with Gasteiger partial charge < -0.3 is 9.80 Å². The number of halogens is 1. The molecule has 0 saturated carbocycles. The van der Waals surface area contributed by atoms with Crippen LogP contribution in [0.1, 0.15) is 86.5 Å². The molecule has 1 saturated heterocycles. The Hall–Kier alpha value is -2.18. The van der Waals surface area contributed by atoms with Crippen LogP contribution in [0.3, 0.4) is 0 Å². The molecule has 186 valence electrons. The van der Waals surface area contributed by atoms with E-state index in [2.05, 4.69) is 6.92 Å². The van der Waals surface area contributed by atoms with Gasteiger partial charge in [-0.05, 0) is 57.9 Å². The quantitative estimate of drug-likeness (QED) is 0.268. The highest BCUT2D eigenvalue weighted by molar-refractivity contribution is 5.85. The number of nitro groups is 1. The minimum atomic E-state index is -0.530. The van der Waals surface area contributed by atoms with Crippen molar-refractivity contribution in [2.75, 3.05) is 29.4 Å². The van der Waals surface area contributed by atoms with E-state index in [9.17, 15) is 19.3 Å². The number of ketones is 1. The number of Topliss-reactive ketones (excluding diaryl/α,β-unsaturated/α-hetero) is 1. The number of nitro benzene ring substituents is 1. The minimum absolute atomic E-state index is 0.0126. The summed E-state index contributed by atoms with van der Waals surface area (Å²) in [6, 6.07) is 2.98. The molecule has 2 unspecified atom stereocenters.